The Bertz CT molecular complexity index is 350. The number of amidine groups is 1. The highest BCUT2D eigenvalue weighted by Crippen LogP contribution is 2.20. The Morgan fingerprint density at radius 3 is 2.06 bits per heavy atom. The molecule has 0 spiro atoms. The van der Waals surface area contributed by atoms with E-state index in [1.54, 1.807) is 11.8 Å². The molecule has 0 fully saturated rings. The van der Waals surface area contributed by atoms with Gasteiger partial charge in [0.25, 0.3) is 0 Å². The lowest BCUT2D eigenvalue weighted by atomic mass is 10.2. The Morgan fingerprint density at radius 1 is 1.19 bits per heavy atom. The summed E-state index contributed by atoms with van der Waals surface area (Å²) in [7, 11) is 5.82. The molecule has 0 aliphatic rings. The summed E-state index contributed by atoms with van der Waals surface area (Å²) in [5.41, 5.74) is 1.29. The van der Waals surface area contributed by atoms with Crippen molar-refractivity contribution in [2.45, 2.75) is 11.8 Å². The van der Waals surface area contributed by atoms with Gasteiger partial charge in [0, 0.05) is 26.0 Å². The van der Waals surface area contributed by atoms with Gasteiger partial charge in [0.15, 0.2) is 5.17 Å². The minimum Gasteiger partial charge on any atom is -0.357 e. The van der Waals surface area contributed by atoms with Crippen molar-refractivity contribution in [2.75, 3.05) is 21.1 Å². The zero-order valence-electron chi connectivity index (χ0n) is 10.3. The second-order valence-corrected chi connectivity index (χ2v) is 4.36. The Labute approximate surface area is 103 Å². The van der Waals surface area contributed by atoms with E-state index in [9.17, 15) is 0 Å². The summed E-state index contributed by atoms with van der Waals surface area (Å²) in [5.74, 6) is 0. The maximum absolute atomic E-state index is 4.21. The molecule has 16 heavy (non-hydrogen) atoms. The minimum atomic E-state index is 1.02. The topological polar surface area (TPSA) is 15.6 Å². The molecule has 2 nitrogen and oxygen atoms in total. The third-order valence-electron chi connectivity index (χ3n) is 1.80. The second kappa shape index (κ2) is 7.84. The van der Waals surface area contributed by atoms with Crippen LogP contribution in [0.3, 0.4) is 0 Å². The molecule has 0 bridgehead atoms. The second-order valence-electron chi connectivity index (χ2n) is 3.32. The maximum atomic E-state index is 4.21. The number of rotatable bonds is 1. The highest BCUT2D eigenvalue weighted by molar-refractivity contribution is 8.13. The van der Waals surface area contributed by atoms with Crippen LogP contribution >= 0.6 is 11.8 Å². The summed E-state index contributed by atoms with van der Waals surface area (Å²) in [5, 5.41) is 1.02. The lowest BCUT2D eigenvalue weighted by molar-refractivity contribution is 0.635. The van der Waals surface area contributed by atoms with Gasteiger partial charge in [-0.25, -0.2) is 0 Å². The number of terminal acetylenes is 1. The summed E-state index contributed by atoms with van der Waals surface area (Å²) >= 11 is 1.68. The first-order chi connectivity index (χ1) is 7.63. The van der Waals surface area contributed by atoms with Crippen molar-refractivity contribution < 1.29 is 0 Å². The quantitative estimate of drug-likeness (QED) is 0.321. The monoisotopic (exact) mass is 234 g/mol. The SMILES string of the molecule is C#C.CN=C(Sc1ccc(C)cc1)N(C)C. The molecule has 3 heteroatoms. The zero-order chi connectivity index (χ0) is 12.6. The molecule has 0 aliphatic heterocycles. The highest BCUT2D eigenvalue weighted by atomic mass is 32.2. The number of aryl methyl sites for hydroxylation is 1. The van der Waals surface area contributed by atoms with Crippen LogP contribution in [-0.4, -0.2) is 31.2 Å². The van der Waals surface area contributed by atoms with Gasteiger partial charge in [-0.15, -0.1) is 12.8 Å². The Balaban J connectivity index is 0.00000106. The van der Waals surface area contributed by atoms with Crippen LogP contribution in [0.25, 0.3) is 0 Å². The van der Waals surface area contributed by atoms with Crippen LogP contribution in [0.5, 0.6) is 0 Å². The van der Waals surface area contributed by atoms with Crippen LogP contribution in [-0.2, 0) is 0 Å². The third kappa shape index (κ3) is 4.90. The van der Waals surface area contributed by atoms with Gasteiger partial charge in [0.2, 0.25) is 0 Å². The van der Waals surface area contributed by atoms with Crippen LogP contribution in [0.1, 0.15) is 5.56 Å². The molecule has 0 N–H and O–H groups in total. The van der Waals surface area contributed by atoms with Crippen molar-refractivity contribution in [3.63, 3.8) is 0 Å². The van der Waals surface area contributed by atoms with Gasteiger partial charge in [-0.1, -0.05) is 29.5 Å². The zero-order valence-corrected chi connectivity index (χ0v) is 11.1. The summed E-state index contributed by atoms with van der Waals surface area (Å²) in [6.45, 7) is 2.09. The van der Waals surface area contributed by atoms with Crippen molar-refractivity contribution in [1.29, 1.82) is 0 Å². The van der Waals surface area contributed by atoms with E-state index in [2.05, 4.69) is 49.0 Å². The normalized spacial score (nSPS) is 10.2. The van der Waals surface area contributed by atoms with E-state index >= 15 is 0 Å². The number of thioether (sulfide) groups is 1. The number of benzene rings is 1. The molecule has 0 amide bonds. The minimum absolute atomic E-state index is 1.02. The molecular formula is C13H18N2S. The predicted octanol–water partition coefficient (Wildman–Crippen LogP) is 2.88. The fraction of sp³-hybridized carbons (Fsp3) is 0.308. The summed E-state index contributed by atoms with van der Waals surface area (Å²) in [6, 6.07) is 8.47. The van der Waals surface area contributed by atoms with Crippen molar-refractivity contribution in [1.82, 2.24) is 4.90 Å². The maximum Gasteiger partial charge on any atom is 0.163 e. The van der Waals surface area contributed by atoms with Gasteiger partial charge in [-0.05, 0) is 19.1 Å². The molecule has 0 saturated heterocycles. The summed E-state index contributed by atoms with van der Waals surface area (Å²) in [6.07, 6.45) is 8.00. The molecule has 0 unspecified atom stereocenters. The predicted molar refractivity (Wildman–Crippen MR) is 74.0 cm³/mol. The molecule has 0 aromatic heterocycles. The fourth-order valence-corrected chi connectivity index (χ4v) is 1.81. The number of hydrogen-bond donors (Lipinski definition) is 0. The molecule has 1 rings (SSSR count). The molecule has 0 radical (unpaired) electrons. The Kier molecular flexibility index (Phi) is 7.15. The van der Waals surface area contributed by atoms with E-state index < -0.39 is 0 Å². The number of aliphatic imine (C=N–C) groups is 1. The van der Waals surface area contributed by atoms with Crippen molar-refractivity contribution in [3.8, 4) is 12.8 Å². The first-order valence-electron chi connectivity index (χ1n) is 4.85. The molecule has 0 saturated carbocycles. The van der Waals surface area contributed by atoms with Crippen molar-refractivity contribution in [2.24, 2.45) is 4.99 Å². The van der Waals surface area contributed by atoms with Crippen LogP contribution in [0.4, 0.5) is 0 Å². The van der Waals surface area contributed by atoms with Crippen LogP contribution in [0.2, 0.25) is 0 Å². The Hall–Kier alpha value is -1.40. The molecule has 0 atom stereocenters. The van der Waals surface area contributed by atoms with Gasteiger partial charge in [0.1, 0.15) is 0 Å². The van der Waals surface area contributed by atoms with Crippen LogP contribution in [0, 0.1) is 19.8 Å². The van der Waals surface area contributed by atoms with Gasteiger partial charge < -0.3 is 4.90 Å². The summed E-state index contributed by atoms with van der Waals surface area (Å²) in [4.78, 5) is 7.46. The molecular weight excluding hydrogens is 216 g/mol. The average molecular weight is 234 g/mol. The van der Waals surface area contributed by atoms with E-state index in [1.807, 2.05) is 26.0 Å². The van der Waals surface area contributed by atoms with Crippen molar-refractivity contribution in [3.05, 3.63) is 29.8 Å². The average Bonchev–Trinajstić information content (AvgIpc) is 2.30. The Morgan fingerprint density at radius 2 is 1.69 bits per heavy atom. The highest BCUT2D eigenvalue weighted by Gasteiger charge is 2.02. The standard InChI is InChI=1S/C11H16N2S.C2H2/c1-9-5-7-10(8-6-9)14-11(12-2)13(3)4;1-2/h5-8H,1-4H3;1-2H. The number of nitrogens with zero attached hydrogens (tertiary/aromatic N) is 2. The lowest BCUT2D eigenvalue weighted by Gasteiger charge is -2.14. The van der Waals surface area contributed by atoms with E-state index in [4.69, 9.17) is 0 Å². The third-order valence-corrected chi connectivity index (χ3v) is 3.04. The largest absolute Gasteiger partial charge is 0.357 e. The van der Waals surface area contributed by atoms with E-state index in [-0.39, 0.29) is 0 Å². The molecule has 86 valence electrons. The van der Waals surface area contributed by atoms with Gasteiger partial charge in [-0.2, -0.15) is 0 Å². The fourth-order valence-electron chi connectivity index (χ4n) is 1.05. The molecule has 0 aliphatic carbocycles. The summed E-state index contributed by atoms with van der Waals surface area (Å²) < 4.78 is 0. The molecule has 0 heterocycles. The number of hydrogen-bond acceptors (Lipinski definition) is 2. The first kappa shape index (κ1) is 14.6. The van der Waals surface area contributed by atoms with E-state index in [0.29, 0.717) is 0 Å². The van der Waals surface area contributed by atoms with Crippen molar-refractivity contribution >= 4 is 16.9 Å². The van der Waals surface area contributed by atoms with Gasteiger partial charge in [0.05, 0.1) is 0 Å². The van der Waals surface area contributed by atoms with Gasteiger partial charge >= 0.3 is 0 Å². The van der Waals surface area contributed by atoms with E-state index in [1.165, 1.54) is 10.5 Å². The first-order valence-corrected chi connectivity index (χ1v) is 5.67. The van der Waals surface area contributed by atoms with Crippen LogP contribution in [0.15, 0.2) is 34.2 Å². The van der Waals surface area contributed by atoms with Crippen LogP contribution < -0.4 is 0 Å². The molecule has 1 aromatic carbocycles. The smallest absolute Gasteiger partial charge is 0.163 e. The lowest BCUT2D eigenvalue weighted by Crippen LogP contribution is -2.18. The molecule has 1 aromatic rings. The van der Waals surface area contributed by atoms with Gasteiger partial charge in [-0.3, -0.25) is 4.99 Å². The van der Waals surface area contributed by atoms with E-state index in [0.717, 1.165) is 5.17 Å².